The molecule has 0 aliphatic carbocycles. The normalized spacial score (nSPS) is 12.9. The van der Waals surface area contributed by atoms with Crippen LogP contribution in [0.15, 0.2) is 0 Å². The van der Waals surface area contributed by atoms with Crippen LogP contribution in [0.25, 0.3) is 0 Å². The van der Waals surface area contributed by atoms with Crippen molar-refractivity contribution in [1.82, 2.24) is 0 Å². The predicted molar refractivity (Wildman–Crippen MR) is 86.0 cm³/mol. The molecule has 0 fully saturated rings. The van der Waals surface area contributed by atoms with Gasteiger partial charge < -0.3 is 5.11 Å². The van der Waals surface area contributed by atoms with Gasteiger partial charge in [0.15, 0.2) is 0 Å². The van der Waals surface area contributed by atoms with Gasteiger partial charge in [0.2, 0.25) is 0 Å². The van der Waals surface area contributed by atoms with Crippen molar-refractivity contribution in [2.75, 3.05) is 5.75 Å². The van der Waals surface area contributed by atoms with Crippen LogP contribution in [0, 0.1) is 0 Å². The first kappa shape index (κ1) is 23.1. The van der Waals surface area contributed by atoms with Gasteiger partial charge in [-0.3, -0.25) is 4.55 Å². The molecule has 6 heteroatoms. The molecule has 0 heterocycles. The van der Waals surface area contributed by atoms with Crippen LogP contribution < -0.4 is 0 Å². The number of unbranched alkanes of at least 4 members (excludes halogenated alkanes) is 7. The fourth-order valence-electron chi connectivity index (χ4n) is 2.16. The van der Waals surface area contributed by atoms with Crippen molar-refractivity contribution < 1.29 is 18.1 Å². The number of hydrogen-bond donors (Lipinski definition) is 2. The van der Waals surface area contributed by atoms with Gasteiger partial charge in [-0.15, -0.1) is 0 Å². The minimum absolute atomic E-state index is 0. The standard InChI is InChI=1S/C14H30O4S.Na.H/c1-2-3-4-5-6-7-8-9-11-14(15)12-10-13-19(16,17)18;;/h14-15H,2-13H2,1H3,(H,16,17,18);;. The number of aliphatic hydroxyl groups is 1. The summed E-state index contributed by atoms with van der Waals surface area (Å²) >= 11 is 0. The summed E-state index contributed by atoms with van der Waals surface area (Å²) in [7, 11) is -3.87. The third-order valence-corrected chi connectivity index (χ3v) is 4.14. The molecule has 0 rings (SSSR count). The molecule has 0 saturated carbocycles. The van der Waals surface area contributed by atoms with Gasteiger partial charge in [0.1, 0.15) is 0 Å². The fourth-order valence-corrected chi connectivity index (χ4v) is 2.69. The Morgan fingerprint density at radius 1 is 0.850 bits per heavy atom. The SMILES string of the molecule is CCCCCCCCCCC(O)CCCS(=O)(=O)O.[NaH]. The van der Waals surface area contributed by atoms with E-state index in [-0.39, 0.29) is 35.3 Å². The summed E-state index contributed by atoms with van der Waals surface area (Å²) in [4.78, 5) is 0. The molecule has 0 aliphatic heterocycles. The molecule has 20 heavy (non-hydrogen) atoms. The molecule has 0 radical (unpaired) electrons. The molecule has 1 atom stereocenters. The Morgan fingerprint density at radius 3 is 1.80 bits per heavy atom. The van der Waals surface area contributed by atoms with E-state index < -0.39 is 16.2 Å². The summed E-state index contributed by atoms with van der Waals surface area (Å²) in [5.41, 5.74) is 0. The molecule has 0 aromatic rings. The van der Waals surface area contributed by atoms with Crippen LogP contribution in [0.3, 0.4) is 0 Å². The fraction of sp³-hybridized carbons (Fsp3) is 1.00. The van der Waals surface area contributed by atoms with E-state index in [1.807, 2.05) is 0 Å². The summed E-state index contributed by atoms with van der Waals surface area (Å²) in [6, 6.07) is 0. The van der Waals surface area contributed by atoms with Gasteiger partial charge in [-0.2, -0.15) is 8.42 Å². The zero-order valence-corrected chi connectivity index (χ0v) is 13.0. The van der Waals surface area contributed by atoms with Crippen molar-refractivity contribution in [2.24, 2.45) is 0 Å². The maximum absolute atomic E-state index is 10.5. The molecule has 1 unspecified atom stereocenters. The molecule has 0 aromatic heterocycles. The van der Waals surface area contributed by atoms with Crippen LogP contribution in [0.2, 0.25) is 0 Å². The van der Waals surface area contributed by atoms with Gasteiger partial charge >= 0.3 is 29.6 Å². The van der Waals surface area contributed by atoms with E-state index in [1.54, 1.807) is 0 Å². The second kappa shape index (κ2) is 14.8. The molecular formula is C14H31NaO4S. The molecule has 4 nitrogen and oxygen atoms in total. The third kappa shape index (κ3) is 18.9. The van der Waals surface area contributed by atoms with Crippen molar-refractivity contribution in [3.8, 4) is 0 Å². The maximum atomic E-state index is 10.5. The van der Waals surface area contributed by atoms with Crippen molar-refractivity contribution in [1.29, 1.82) is 0 Å². The Balaban J connectivity index is 0. The van der Waals surface area contributed by atoms with Crippen molar-refractivity contribution >= 4 is 39.7 Å². The van der Waals surface area contributed by atoms with Gasteiger partial charge in [-0.1, -0.05) is 58.3 Å². The van der Waals surface area contributed by atoms with Gasteiger partial charge in [-0.05, 0) is 19.3 Å². The van der Waals surface area contributed by atoms with Crippen LogP contribution in [-0.2, 0) is 10.1 Å². The Kier molecular flexibility index (Phi) is 17.1. The first-order valence-electron chi connectivity index (χ1n) is 7.59. The van der Waals surface area contributed by atoms with Crippen LogP contribution in [0.1, 0.15) is 77.6 Å². The van der Waals surface area contributed by atoms with Crippen LogP contribution >= 0.6 is 0 Å². The van der Waals surface area contributed by atoms with Crippen molar-refractivity contribution in [3.63, 3.8) is 0 Å². The molecule has 0 saturated heterocycles. The topological polar surface area (TPSA) is 74.6 Å². The van der Waals surface area contributed by atoms with Gasteiger partial charge in [0, 0.05) is 0 Å². The third-order valence-electron chi connectivity index (χ3n) is 3.33. The minimum atomic E-state index is -3.87. The Labute approximate surface area is 146 Å². The zero-order chi connectivity index (χ0) is 14.6. The monoisotopic (exact) mass is 318 g/mol. The predicted octanol–water partition coefficient (Wildman–Crippen LogP) is 2.90. The molecule has 0 aliphatic rings. The van der Waals surface area contributed by atoms with Crippen LogP contribution in [-0.4, -0.2) is 59.5 Å². The van der Waals surface area contributed by atoms with E-state index >= 15 is 0 Å². The summed E-state index contributed by atoms with van der Waals surface area (Å²) in [5.74, 6) is -0.249. The van der Waals surface area contributed by atoms with Gasteiger partial charge in [-0.25, -0.2) is 0 Å². The number of hydrogen-bond acceptors (Lipinski definition) is 3. The first-order valence-corrected chi connectivity index (χ1v) is 9.20. The molecule has 0 amide bonds. The Hall–Kier alpha value is 0.870. The molecule has 118 valence electrons. The average molecular weight is 318 g/mol. The van der Waals surface area contributed by atoms with Crippen LogP contribution in [0.5, 0.6) is 0 Å². The molecule has 0 bridgehead atoms. The van der Waals surface area contributed by atoms with E-state index in [0.717, 1.165) is 19.3 Å². The van der Waals surface area contributed by atoms with E-state index in [1.165, 1.54) is 38.5 Å². The summed E-state index contributed by atoms with van der Waals surface area (Å²) in [6.45, 7) is 2.21. The zero-order valence-electron chi connectivity index (χ0n) is 12.2. The summed E-state index contributed by atoms with van der Waals surface area (Å²) < 4.78 is 29.5. The number of rotatable bonds is 13. The molecule has 0 spiro atoms. The van der Waals surface area contributed by atoms with Gasteiger partial charge in [0.25, 0.3) is 10.1 Å². The molecular weight excluding hydrogens is 287 g/mol. The number of aliphatic hydroxyl groups excluding tert-OH is 1. The van der Waals surface area contributed by atoms with E-state index in [9.17, 15) is 13.5 Å². The quantitative estimate of drug-likeness (QED) is 0.311. The van der Waals surface area contributed by atoms with E-state index in [2.05, 4.69) is 6.92 Å². The van der Waals surface area contributed by atoms with Crippen LogP contribution in [0.4, 0.5) is 0 Å². The van der Waals surface area contributed by atoms with Crippen molar-refractivity contribution in [2.45, 2.75) is 83.7 Å². The first-order chi connectivity index (χ1) is 8.95. The second-order valence-electron chi connectivity index (χ2n) is 5.35. The molecule has 2 N–H and O–H groups in total. The van der Waals surface area contributed by atoms with Crippen molar-refractivity contribution in [3.05, 3.63) is 0 Å². The van der Waals surface area contributed by atoms with E-state index in [4.69, 9.17) is 4.55 Å². The Bertz CT molecular complexity index is 294. The van der Waals surface area contributed by atoms with E-state index in [0.29, 0.717) is 12.8 Å². The second-order valence-corrected chi connectivity index (χ2v) is 6.92. The van der Waals surface area contributed by atoms with Gasteiger partial charge in [0.05, 0.1) is 11.9 Å². The molecule has 0 aromatic carbocycles. The average Bonchev–Trinajstić information content (AvgIpc) is 2.31. The summed E-state index contributed by atoms with van der Waals surface area (Å²) in [6.07, 6.45) is 11.0. The summed E-state index contributed by atoms with van der Waals surface area (Å²) in [5, 5.41) is 9.64. The Morgan fingerprint density at radius 2 is 1.30 bits per heavy atom.